The van der Waals surface area contributed by atoms with E-state index in [4.69, 9.17) is 4.42 Å². The zero-order chi connectivity index (χ0) is 18.6. The number of carbonyl (C=O) groups is 1. The number of furan rings is 1. The summed E-state index contributed by atoms with van der Waals surface area (Å²) < 4.78 is 7.50. The molecule has 3 heterocycles. The summed E-state index contributed by atoms with van der Waals surface area (Å²) in [7, 11) is 0. The van der Waals surface area contributed by atoms with Crippen molar-refractivity contribution in [3.8, 4) is 11.5 Å². The number of carbonyl (C=O) groups excluding carboxylic acids is 1. The number of hydrogen-bond acceptors (Lipinski definition) is 4. The normalized spacial score (nSPS) is 12.0. The Morgan fingerprint density at radius 3 is 2.81 bits per heavy atom. The minimum Gasteiger partial charge on any atom is -0.460 e. The van der Waals surface area contributed by atoms with E-state index in [1.807, 2.05) is 60.2 Å². The maximum atomic E-state index is 12.8. The molecule has 0 spiro atoms. The Morgan fingerprint density at radius 2 is 2.11 bits per heavy atom. The zero-order valence-corrected chi connectivity index (χ0v) is 14.8. The smallest absolute Gasteiger partial charge is 0.272 e. The summed E-state index contributed by atoms with van der Waals surface area (Å²) in [6.07, 6.45) is 5.32. The summed E-state index contributed by atoms with van der Waals surface area (Å²) in [5.74, 6) is 1.20. The number of rotatable bonds is 6. The van der Waals surface area contributed by atoms with E-state index in [2.05, 4.69) is 20.5 Å². The van der Waals surface area contributed by atoms with Crippen molar-refractivity contribution in [3.63, 3.8) is 0 Å². The molecule has 4 rings (SSSR count). The van der Waals surface area contributed by atoms with Gasteiger partial charge in [0.15, 0.2) is 11.5 Å². The van der Waals surface area contributed by atoms with Gasteiger partial charge in [0.25, 0.3) is 5.91 Å². The lowest BCUT2D eigenvalue weighted by atomic mass is 10.1. The molecule has 136 valence electrons. The van der Waals surface area contributed by atoms with Gasteiger partial charge in [-0.05, 0) is 24.6 Å². The summed E-state index contributed by atoms with van der Waals surface area (Å²) in [6, 6.07) is 15.0. The Balaban J connectivity index is 1.54. The van der Waals surface area contributed by atoms with E-state index in [1.165, 1.54) is 0 Å². The Kier molecular flexibility index (Phi) is 4.57. The number of H-pyrrole nitrogens is 1. The van der Waals surface area contributed by atoms with Crippen molar-refractivity contribution >= 4 is 5.91 Å². The van der Waals surface area contributed by atoms with Crippen LogP contribution in [0, 0.1) is 6.92 Å². The summed E-state index contributed by atoms with van der Waals surface area (Å²) in [4.78, 5) is 16.8. The number of benzene rings is 1. The molecule has 3 aromatic heterocycles. The van der Waals surface area contributed by atoms with Crippen LogP contribution in [0.25, 0.3) is 11.5 Å². The van der Waals surface area contributed by atoms with Crippen LogP contribution < -0.4 is 5.32 Å². The topological polar surface area (TPSA) is 88.7 Å². The summed E-state index contributed by atoms with van der Waals surface area (Å²) in [5.41, 5.74) is 1.99. The van der Waals surface area contributed by atoms with Gasteiger partial charge in [0.05, 0.1) is 12.4 Å². The average Bonchev–Trinajstić information content (AvgIpc) is 3.43. The van der Waals surface area contributed by atoms with Crippen molar-refractivity contribution < 1.29 is 9.21 Å². The highest BCUT2D eigenvalue weighted by Gasteiger charge is 2.19. The molecule has 0 aliphatic carbocycles. The highest BCUT2D eigenvalue weighted by molar-refractivity contribution is 5.93. The molecule has 1 atom stereocenters. The van der Waals surface area contributed by atoms with Crippen LogP contribution in [0.5, 0.6) is 0 Å². The SMILES string of the molecule is Cc1ccc(-c2cc(C(=O)N[C@H](Cn3ccnc3)c3ccccc3)n[nH]2)o1. The van der Waals surface area contributed by atoms with Gasteiger partial charge in [-0.1, -0.05) is 30.3 Å². The highest BCUT2D eigenvalue weighted by Crippen LogP contribution is 2.21. The van der Waals surface area contributed by atoms with Gasteiger partial charge in [0.1, 0.15) is 11.5 Å². The van der Waals surface area contributed by atoms with E-state index in [-0.39, 0.29) is 11.9 Å². The van der Waals surface area contributed by atoms with Crippen LogP contribution >= 0.6 is 0 Å². The molecule has 0 bridgehead atoms. The first-order chi connectivity index (χ1) is 13.2. The predicted molar refractivity (Wildman–Crippen MR) is 99.9 cm³/mol. The molecule has 4 aromatic rings. The van der Waals surface area contributed by atoms with Crippen LogP contribution in [0.1, 0.15) is 27.9 Å². The van der Waals surface area contributed by atoms with E-state index >= 15 is 0 Å². The molecule has 1 amide bonds. The first-order valence-electron chi connectivity index (χ1n) is 8.63. The number of hydrogen-bond donors (Lipinski definition) is 2. The largest absolute Gasteiger partial charge is 0.460 e. The van der Waals surface area contributed by atoms with Gasteiger partial charge in [-0.2, -0.15) is 5.10 Å². The monoisotopic (exact) mass is 361 g/mol. The van der Waals surface area contributed by atoms with Gasteiger partial charge in [0, 0.05) is 25.0 Å². The van der Waals surface area contributed by atoms with Gasteiger partial charge in [-0.15, -0.1) is 0 Å². The lowest BCUT2D eigenvalue weighted by molar-refractivity contribution is 0.0927. The fraction of sp³-hybridized carbons (Fsp3) is 0.150. The van der Waals surface area contributed by atoms with Gasteiger partial charge in [0.2, 0.25) is 0 Å². The summed E-state index contributed by atoms with van der Waals surface area (Å²) in [5, 5.41) is 10.0. The van der Waals surface area contributed by atoms with Gasteiger partial charge in [-0.3, -0.25) is 9.89 Å². The van der Waals surface area contributed by atoms with E-state index in [0.717, 1.165) is 11.3 Å². The second kappa shape index (κ2) is 7.33. The van der Waals surface area contributed by atoms with Crippen LogP contribution in [0.15, 0.2) is 71.7 Å². The second-order valence-electron chi connectivity index (χ2n) is 6.27. The number of imidazole rings is 1. The molecule has 1 aromatic carbocycles. The number of nitrogens with zero attached hydrogens (tertiary/aromatic N) is 3. The van der Waals surface area contributed by atoms with Crippen molar-refractivity contribution in [1.29, 1.82) is 0 Å². The Hall–Kier alpha value is -3.61. The van der Waals surface area contributed by atoms with Gasteiger partial charge < -0.3 is 14.3 Å². The van der Waals surface area contributed by atoms with Crippen LogP contribution in [0.2, 0.25) is 0 Å². The molecular formula is C20H19N5O2. The molecule has 7 nitrogen and oxygen atoms in total. The van der Waals surface area contributed by atoms with Crippen molar-refractivity contribution in [2.45, 2.75) is 19.5 Å². The fourth-order valence-corrected chi connectivity index (χ4v) is 2.90. The van der Waals surface area contributed by atoms with Gasteiger partial charge in [-0.25, -0.2) is 4.98 Å². The third-order valence-electron chi connectivity index (χ3n) is 4.28. The Morgan fingerprint density at radius 1 is 1.26 bits per heavy atom. The molecule has 0 fully saturated rings. The van der Waals surface area contributed by atoms with Crippen molar-refractivity contribution in [3.05, 3.63) is 84.3 Å². The molecule has 0 radical (unpaired) electrons. The lowest BCUT2D eigenvalue weighted by Crippen LogP contribution is -2.31. The van der Waals surface area contributed by atoms with Crippen LogP contribution in [0.4, 0.5) is 0 Å². The van der Waals surface area contributed by atoms with Crippen molar-refractivity contribution in [2.24, 2.45) is 0 Å². The number of nitrogens with one attached hydrogen (secondary N) is 2. The number of aromatic nitrogens is 4. The number of amides is 1. The quantitative estimate of drug-likeness (QED) is 0.551. The van der Waals surface area contributed by atoms with Crippen LogP contribution in [-0.4, -0.2) is 25.7 Å². The molecule has 7 heteroatoms. The predicted octanol–water partition coefficient (Wildman–Crippen LogP) is 3.35. The molecule has 27 heavy (non-hydrogen) atoms. The third kappa shape index (κ3) is 3.82. The van der Waals surface area contributed by atoms with Crippen LogP contribution in [-0.2, 0) is 6.54 Å². The Bertz CT molecular complexity index is 1020. The van der Waals surface area contributed by atoms with Crippen molar-refractivity contribution in [1.82, 2.24) is 25.1 Å². The average molecular weight is 361 g/mol. The summed E-state index contributed by atoms with van der Waals surface area (Å²) >= 11 is 0. The van der Waals surface area contributed by atoms with Gasteiger partial charge >= 0.3 is 0 Å². The number of aromatic amines is 1. The fourth-order valence-electron chi connectivity index (χ4n) is 2.90. The molecular weight excluding hydrogens is 342 g/mol. The molecule has 0 saturated heterocycles. The van der Waals surface area contributed by atoms with E-state index < -0.39 is 0 Å². The maximum absolute atomic E-state index is 12.8. The Labute approximate surface area is 156 Å². The first-order valence-corrected chi connectivity index (χ1v) is 8.63. The minimum absolute atomic E-state index is 0.209. The molecule has 0 aliphatic heterocycles. The molecule has 2 N–H and O–H groups in total. The van der Waals surface area contributed by atoms with Crippen LogP contribution in [0.3, 0.4) is 0 Å². The molecule has 0 unspecified atom stereocenters. The van der Waals surface area contributed by atoms with E-state index in [1.54, 1.807) is 18.6 Å². The molecule has 0 saturated carbocycles. The lowest BCUT2D eigenvalue weighted by Gasteiger charge is -2.19. The highest BCUT2D eigenvalue weighted by atomic mass is 16.3. The maximum Gasteiger partial charge on any atom is 0.272 e. The second-order valence-corrected chi connectivity index (χ2v) is 6.27. The number of aryl methyl sites for hydroxylation is 1. The minimum atomic E-state index is -0.255. The third-order valence-corrected chi connectivity index (χ3v) is 4.28. The summed E-state index contributed by atoms with van der Waals surface area (Å²) in [6.45, 7) is 2.44. The van der Waals surface area contributed by atoms with Crippen molar-refractivity contribution in [2.75, 3.05) is 0 Å². The zero-order valence-electron chi connectivity index (χ0n) is 14.8. The van der Waals surface area contributed by atoms with E-state index in [9.17, 15) is 4.79 Å². The molecule has 0 aliphatic rings. The first kappa shape index (κ1) is 16.8. The van der Waals surface area contributed by atoms with E-state index in [0.29, 0.717) is 23.7 Å². The standard InChI is InChI=1S/C20H19N5O2/c1-14-7-8-19(27-14)16-11-17(24-23-16)20(26)22-18(12-25-10-9-21-13-25)15-5-3-2-4-6-15/h2-11,13,18H,12H2,1H3,(H,22,26)(H,23,24)/t18-/m1/s1.